The molecule has 0 bridgehead atoms. The third-order valence-electron chi connectivity index (χ3n) is 2.40. The summed E-state index contributed by atoms with van der Waals surface area (Å²) < 4.78 is 0. The minimum absolute atomic E-state index is 0.775. The molecule has 1 aromatic carbocycles. The van der Waals surface area contributed by atoms with Crippen LogP contribution in [-0.2, 0) is 6.42 Å². The van der Waals surface area contributed by atoms with Crippen molar-refractivity contribution in [1.29, 1.82) is 0 Å². The molecule has 0 atom stereocenters. The van der Waals surface area contributed by atoms with Crippen molar-refractivity contribution >= 4 is 11.6 Å². The van der Waals surface area contributed by atoms with Crippen LogP contribution in [0.2, 0.25) is 5.02 Å². The molecule has 0 saturated heterocycles. The Morgan fingerprint density at radius 1 is 1.13 bits per heavy atom. The van der Waals surface area contributed by atoms with Crippen molar-refractivity contribution < 1.29 is 0 Å². The number of hydrogen-bond donors (Lipinski definition) is 0. The van der Waals surface area contributed by atoms with Gasteiger partial charge in [0, 0.05) is 23.3 Å². The molecule has 0 saturated carbocycles. The molecule has 0 radical (unpaired) electrons. The molecule has 0 aliphatic carbocycles. The van der Waals surface area contributed by atoms with Gasteiger partial charge < -0.3 is 0 Å². The average molecular weight is 218 g/mol. The average Bonchev–Trinajstić information content (AvgIpc) is 2.25. The molecule has 1 aromatic heterocycles. The molecule has 1 heterocycles. The molecule has 2 rings (SSSR count). The first-order valence-corrected chi connectivity index (χ1v) is 5.28. The standard InChI is InChI=1S/C13H12ClN/c1-10-3-2-8-15-13(10)9-11-4-6-12(14)7-5-11/h2-8H,9H2,1H3. The van der Waals surface area contributed by atoms with Gasteiger partial charge in [-0.2, -0.15) is 0 Å². The van der Waals surface area contributed by atoms with Crippen LogP contribution in [0.5, 0.6) is 0 Å². The summed E-state index contributed by atoms with van der Waals surface area (Å²) in [5.41, 5.74) is 3.59. The molecule has 0 unspecified atom stereocenters. The summed E-state index contributed by atoms with van der Waals surface area (Å²) in [6.45, 7) is 2.08. The maximum Gasteiger partial charge on any atom is 0.0476 e. The first-order valence-electron chi connectivity index (χ1n) is 4.90. The lowest BCUT2D eigenvalue weighted by molar-refractivity contribution is 1.04. The van der Waals surface area contributed by atoms with E-state index in [4.69, 9.17) is 11.6 Å². The van der Waals surface area contributed by atoms with E-state index in [9.17, 15) is 0 Å². The Morgan fingerprint density at radius 3 is 2.53 bits per heavy atom. The molecule has 0 aliphatic rings. The summed E-state index contributed by atoms with van der Waals surface area (Å²) in [4.78, 5) is 4.36. The number of aromatic nitrogens is 1. The molecule has 2 heteroatoms. The van der Waals surface area contributed by atoms with Gasteiger partial charge >= 0.3 is 0 Å². The number of hydrogen-bond acceptors (Lipinski definition) is 1. The first kappa shape index (κ1) is 10.2. The number of pyridine rings is 1. The third-order valence-corrected chi connectivity index (χ3v) is 2.65. The zero-order valence-electron chi connectivity index (χ0n) is 8.57. The minimum atomic E-state index is 0.775. The fourth-order valence-electron chi connectivity index (χ4n) is 1.50. The van der Waals surface area contributed by atoms with E-state index < -0.39 is 0 Å². The Hall–Kier alpha value is -1.34. The summed E-state index contributed by atoms with van der Waals surface area (Å²) in [6.07, 6.45) is 2.70. The lowest BCUT2D eigenvalue weighted by Gasteiger charge is -2.04. The molecule has 0 N–H and O–H groups in total. The van der Waals surface area contributed by atoms with Gasteiger partial charge in [0.25, 0.3) is 0 Å². The van der Waals surface area contributed by atoms with E-state index in [0.717, 1.165) is 17.1 Å². The van der Waals surface area contributed by atoms with Crippen molar-refractivity contribution in [3.05, 3.63) is 64.4 Å². The van der Waals surface area contributed by atoms with Gasteiger partial charge in [0.15, 0.2) is 0 Å². The minimum Gasteiger partial charge on any atom is -0.261 e. The second-order valence-electron chi connectivity index (χ2n) is 3.57. The molecule has 76 valence electrons. The Morgan fingerprint density at radius 2 is 1.87 bits per heavy atom. The van der Waals surface area contributed by atoms with E-state index in [1.165, 1.54) is 11.1 Å². The zero-order chi connectivity index (χ0) is 10.7. The van der Waals surface area contributed by atoms with Crippen LogP contribution in [0.1, 0.15) is 16.8 Å². The normalized spacial score (nSPS) is 10.3. The van der Waals surface area contributed by atoms with Crippen molar-refractivity contribution in [3.8, 4) is 0 Å². The van der Waals surface area contributed by atoms with Gasteiger partial charge in [-0.05, 0) is 36.2 Å². The molecule has 0 amide bonds. The summed E-state index contributed by atoms with van der Waals surface area (Å²) in [5, 5.41) is 0.775. The summed E-state index contributed by atoms with van der Waals surface area (Å²) in [7, 11) is 0. The molecule has 0 fully saturated rings. The fourth-order valence-corrected chi connectivity index (χ4v) is 1.63. The topological polar surface area (TPSA) is 12.9 Å². The highest BCUT2D eigenvalue weighted by atomic mass is 35.5. The second-order valence-corrected chi connectivity index (χ2v) is 4.01. The van der Waals surface area contributed by atoms with Crippen molar-refractivity contribution in [3.63, 3.8) is 0 Å². The predicted octanol–water partition coefficient (Wildman–Crippen LogP) is 3.63. The Kier molecular flexibility index (Phi) is 3.02. The lowest BCUT2D eigenvalue weighted by atomic mass is 10.1. The quantitative estimate of drug-likeness (QED) is 0.749. The van der Waals surface area contributed by atoms with Crippen LogP contribution >= 0.6 is 11.6 Å². The van der Waals surface area contributed by atoms with Gasteiger partial charge in [0.2, 0.25) is 0 Å². The van der Waals surface area contributed by atoms with Crippen LogP contribution in [0.15, 0.2) is 42.6 Å². The van der Waals surface area contributed by atoms with Crippen LogP contribution in [0.3, 0.4) is 0 Å². The van der Waals surface area contributed by atoms with Crippen molar-refractivity contribution in [2.45, 2.75) is 13.3 Å². The van der Waals surface area contributed by atoms with E-state index in [0.29, 0.717) is 0 Å². The number of benzene rings is 1. The monoisotopic (exact) mass is 217 g/mol. The molecular weight excluding hydrogens is 206 g/mol. The maximum absolute atomic E-state index is 5.83. The largest absolute Gasteiger partial charge is 0.261 e. The van der Waals surface area contributed by atoms with E-state index in [2.05, 4.69) is 18.0 Å². The Bertz CT molecular complexity index is 448. The van der Waals surface area contributed by atoms with Crippen LogP contribution in [0.25, 0.3) is 0 Å². The molecule has 15 heavy (non-hydrogen) atoms. The van der Waals surface area contributed by atoms with Crippen molar-refractivity contribution in [1.82, 2.24) is 4.98 Å². The maximum atomic E-state index is 5.83. The highest BCUT2D eigenvalue weighted by molar-refractivity contribution is 6.30. The van der Waals surface area contributed by atoms with Crippen LogP contribution in [0.4, 0.5) is 0 Å². The van der Waals surface area contributed by atoms with E-state index in [-0.39, 0.29) is 0 Å². The van der Waals surface area contributed by atoms with Gasteiger partial charge in [-0.1, -0.05) is 29.8 Å². The second kappa shape index (κ2) is 4.45. The smallest absolute Gasteiger partial charge is 0.0476 e. The van der Waals surface area contributed by atoms with Gasteiger partial charge in [-0.3, -0.25) is 4.98 Å². The van der Waals surface area contributed by atoms with Gasteiger partial charge in [0.1, 0.15) is 0 Å². The third kappa shape index (κ3) is 2.57. The number of halogens is 1. The molecule has 0 spiro atoms. The number of aryl methyl sites for hydroxylation is 1. The SMILES string of the molecule is Cc1cccnc1Cc1ccc(Cl)cc1. The zero-order valence-corrected chi connectivity index (χ0v) is 9.33. The highest BCUT2D eigenvalue weighted by Gasteiger charge is 2.00. The first-order chi connectivity index (χ1) is 7.25. The van der Waals surface area contributed by atoms with Crippen LogP contribution in [-0.4, -0.2) is 4.98 Å². The lowest BCUT2D eigenvalue weighted by Crippen LogP contribution is -1.94. The molecular formula is C13H12ClN. The predicted molar refractivity (Wildman–Crippen MR) is 63.2 cm³/mol. The van der Waals surface area contributed by atoms with Crippen molar-refractivity contribution in [2.75, 3.05) is 0 Å². The number of nitrogens with zero attached hydrogens (tertiary/aromatic N) is 1. The fraction of sp³-hybridized carbons (Fsp3) is 0.154. The summed E-state index contributed by atoms with van der Waals surface area (Å²) in [6, 6.07) is 11.9. The van der Waals surface area contributed by atoms with E-state index in [1.807, 2.05) is 36.5 Å². The van der Waals surface area contributed by atoms with E-state index >= 15 is 0 Å². The Balaban J connectivity index is 2.22. The van der Waals surface area contributed by atoms with Crippen LogP contribution in [0, 0.1) is 6.92 Å². The summed E-state index contributed by atoms with van der Waals surface area (Å²) in [5.74, 6) is 0. The van der Waals surface area contributed by atoms with Gasteiger partial charge in [-0.15, -0.1) is 0 Å². The van der Waals surface area contributed by atoms with Crippen molar-refractivity contribution in [2.24, 2.45) is 0 Å². The van der Waals surface area contributed by atoms with E-state index in [1.54, 1.807) is 0 Å². The molecule has 1 nitrogen and oxygen atoms in total. The highest BCUT2D eigenvalue weighted by Crippen LogP contribution is 2.14. The van der Waals surface area contributed by atoms with Crippen LogP contribution < -0.4 is 0 Å². The van der Waals surface area contributed by atoms with Gasteiger partial charge in [-0.25, -0.2) is 0 Å². The summed E-state index contributed by atoms with van der Waals surface area (Å²) >= 11 is 5.83. The molecule has 0 aliphatic heterocycles. The van der Waals surface area contributed by atoms with Gasteiger partial charge in [0.05, 0.1) is 0 Å². The molecule has 2 aromatic rings. The Labute approximate surface area is 94.7 Å². The number of rotatable bonds is 2.